The first kappa shape index (κ1) is 10.7. The fraction of sp³-hybridized carbons (Fsp3) is 1.00. The lowest BCUT2D eigenvalue weighted by molar-refractivity contribution is 1.49. The standard InChI is InChI=1S/C3H9ClNP.ClH/c1-5-6(2,3)4;/h1-3H3;1H. The Kier molecular flexibility index (Phi) is 5.78. The first-order valence-electron chi connectivity index (χ1n) is 1.71. The van der Waals surface area contributed by atoms with Gasteiger partial charge >= 0.3 is 0 Å². The fourth-order valence-corrected chi connectivity index (χ4v) is 0. The molecule has 0 bridgehead atoms. The second-order valence-corrected chi connectivity index (χ2v) is 6.86. The molecule has 0 atom stereocenters. The van der Waals surface area contributed by atoms with Crippen LogP contribution in [0.2, 0.25) is 0 Å². The van der Waals surface area contributed by atoms with Crippen molar-refractivity contribution in [3.63, 3.8) is 0 Å². The van der Waals surface area contributed by atoms with E-state index >= 15 is 0 Å². The van der Waals surface area contributed by atoms with Crippen LogP contribution in [-0.4, -0.2) is 20.4 Å². The minimum Gasteiger partial charge on any atom is -0.292 e. The van der Waals surface area contributed by atoms with Gasteiger partial charge in [0.05, 0.1) is 0 Å². The van der Waals surface area contributed by atoms with Crippen molar-refractivity contribution in [3.05, 3.63) is 0 Å². The Labute approximate surface area is 55.7 Å². The van der Waals surface area contributed by atoms with Gasteiger partial charge in [0.2, 0.25) is 0 Å². The molecule has 0 radical (unpaired) electrons. The van der Waals surface area contributed by atoms with Crippen molar-refractivity contribution in [2.45, 2.75) is 0 Å². The molecular formula is C3H10Cl2NP. The van der Waals surface area contributed by atoms with Crippen LogP contribution in [0.1, 0.15) is 0 Å². The Hall–Kier alpha value is 0.810. The van der Waals surface area contributed by atoms with Gasteiger partial charge in [-0.15, -0.1) is 12.4 Å². The van der Waals surface area contributed by atoms with Gasteiger partial charge in [-0.1, -0.05) is 11.2 Å². The Morgan fingerprint density at radius 1 is 1.43 bits per heavy atom. The molecule has 0 aliphatic carbocycles. The summed E-state index contributed by atoms with van der Waals surface area (Å²) < 4.78 is 3.90. The summed E-state index contributed by atoms with van der Waals surface area (Å²) in [5.74, 6) is 0. The number of halogens is 2. The highest BCUT2D eigenvalue weighted by atomic mass is 35.7. The molecule has 0 N–H and O–H groups in total. The summed E-state index contributed by atoms with van der Waals surface area (Å²) in [5.41, 5.74) is 0. The smallest absolute Gasteiger partial charge is 0.0487 e. The van der Waals surface area contributed by atoms with Crippen LogP contribution in [0.5, 0.6) is 0 Å². The van der Waals surface area contributed by atoms with Crippen LogP contribution >= 0.6 is 30.1 Å². The van der Waals surface area contributed by atoms with E-state index in [1.165, 1.54) is 0 Å². The molecule has 0 aromatic rings. The van der Waals surface area contributed by atoms with Crippen molar-refractivity contribution < 1.29 is 0 Å². The van der Waals surface area contributed by atoms with Gasteiger partial charge in [-0.2, -0.15) is 0 Å². The van der Waals surface area contributed by atoms with Gasteiger partial charge in [-0.25, -0.2) is 0 Å². The molecule has 0 aliphatic heterocycles. The summed E-state index contributed by atoms with van der Waals surface area (Å²) in [6.45, 7) is 3.91. The van der Waals surface area contributed by atoms with Crippen LogP contribution in [0, 0.1) is 0 Å². The first-order valence-corrected chi connectivity index (χ1v) is 5.25. The van der Waals surface area contributed by atoms with Crippen molar-refractivity contribution in [3.8, 4) is 0 Å². The Bertz CT molecular complexity index is 76.7. The van der Waals surface area contributed by atoms with Crippen molar-refractivity contribution in [1.29, 1.82) is 0 Å². The van der Waals surface area contributed by atoms with E-state index in [0.717, 1.165) is 0 Å². The topological polar surface area (TPSA) is 12.4 Å². The van der Waals surface area contributed by atoms with Gasteiger partial charge in [0.1, 0.15) is 0 Å². The molecule has 1 nitrogen and oxygen atoms in total. The summed E-state index contributed by atoms with van der Waals surface area (Å²) in [6.07, 6.45) is -1.30. The minimum atomic E-state index is -1.30. The van der Waals surface area contributed by atoms with E-state index in [9.17, 15) is 0 Å². The quantitative estimate of drug-likeness (QED) is 0.485. The largest absolute Gasteiger partial charge is 0.292 e. The second-order valence-electron chi connectivity index (χ2n) is 1.46. The molecule has 0 rings (SSSR count). The van der Waals surface area contributed by atoms with Crippen LogP contribution < -0.4 is 0 Å². The maximum absolute atomic E-state index is 5.66. The van der Waals surface area contributed by atoms with Crippen LogP contribution in [-0.2, 0) is 0 Å². The third kappa shape index (κ3) is 10.9. The number of hydrogen-bond donors (Lipinski definition) is 0. The molecule has 0 saturated heterocycles. The average molecular weight is 162 g/mol. The Balaban J connectivity index is 0. The zero-order valence-electron chi connectivity index (χ0n) is 4.68. The van der Waals surface area contributed by atoms with Crippen molar-refractivity contribution >= 4 is 30.1 Å². The van der Waals surface area contributed by atoms with Gasteiger partial charge in [0.15, 0.2) is 0 Å². The second kappa shape index (κ2) is 3.77. The maximum atomic E-state index is 5.66. The molecule has 0 aromatic carbocycles. The Morgan fingerprint density at radius 2 is 1.57 bits per heavy atom. The number of rotatable bonds is 0. The summed E-state index contributed by atoms with van der Waals surface area (Å²) >= 11 is 5.66. The van der Waals surface area contributed by atoms with Crippen LogP contribution in [0.4, 0.5) is 0 Å². The molecule has 0 heterocycles. The third-order valence-electron chi connectivity index (χ3n) is 0.476. The highest BCUT2D eigenvalue weighted by Crippen LogP contribution is 2.45. The summed E-state index contributed by atoms with van der Waals surface area (Å²) in [6, 6.07) is 0. The highest BCUT2D eigenvalue weighted by Gasteiger charge is 1.90. The molecule has 46 valence electrons. The van der Waals surface area contributed by atoms with E-state index in [-0.39, 0.29) is 12.4 Å². The van der Waals surface area contributed by atoms with Gasteiger partial charge in [0.25, 0.3) is 0 Å². The average Bonchev–Trinajstić information content (AvgIpc) is 1.35. The van der Waals surface area contributed by atoms with E-state index in [0.29, 0.717) is 0 Å². The van der Waals surface area contributed by atoms with Gasteiger partial charge in [-0.05, 0) is 13.3 Å². The monoisotopic (exact) mass is 161 g/mol. The molecule has 0 amide bonds. The zero-order valence-corrected chi connectivity index (χ0v) is 7.15. The van der Waals surface area contributed by atoms with Gasteiger partial charge in [-0.3, -0.25) is 4.74 Å². The maximum Gasteiger partial charge on any atom is 0.0487 e. The van der Waals surface area contributed by atoms with E-state index in [4.69, 9.17) is 11.2 Å². The van der Waals surface area contributed by atoms with E-state index in [2.05, 4.69) is 4.74 Å². The molecule has 0 aliphatic rings. The zero-order chi connectivity index (χ0) is 5.21. The van der Waals surface area contributed by atoms with E-state index in [1.54, 1.807) is 7.05 Å². The molecule has 7 heavy (non-hydrogen) atoms. The summed E-state index contributed by atoms with van der Waals surface area (Å²) in [5, 5.41) is 0. The summed E-state index contributed by atoms with van der Waals surface area (Å²) in [4.78, 5) is 0. The lowest BCUT2D eigenvalue weighted by atomic mass is 11.6. The van der Waals surface area contributed by atoms with Crippen LogP contribution in [0.3, 0.4) is 0 Å². The van der Waals surface area contributed by atoms with Crippen molar-refractivity contribution in [2.75, 3.05) is 20.4 Å². The molecule has 0 saturated carbocycles. The fourth-order valence-electron chi connectivity index (χ4n) is 0. The minimum absolute atomic E-state index is 0. The summed E-state index contributed by atoms with van der Waals surface area (Å²) in [7, 11) is 1.75. The van der Waals surface area contributed by atoms with Crippen molar-refractivity contribution in [1.82, 2.24) is 0 Å². The molecule has 4 heteroatoms. The van der Waals surface area contributed by atoms with Crippen LogP contribution in [0.15, 0.2) is 4.74 Å². The SMILES string of the molecule is CN=P(C)(C)Cl.Cl. The Morgan fingerprint density at radius 3 is 1.57 bits per heavy atom. The molecule has 0 fully saturated rings. The van der Waals surface area contributed by atoms with E-state index < -0.39 is 6.41 Å². The first-order chi connectivity index (χ1) is 2.56. The van der Waals surface area contributed by atoms with E-state index in [1.807, 2.05) is 13.3 Å². The van der Waals surface area contributed by atoms with Crippen molar-refractivity contribution in [2.24, 2.45) is 4.74 Å². The molecule has 0 aromatic heterocycles. The van der Waals surface area contributed by atoms with Gasteiger partial charge in [0, 0.05) is 13.5 Å². The third-order valence-corrected chi connectivity index (χ3v) is 1.88. The normalized spacial score (nSPS) is 9.71. The predicted molar refractivity (Wildman–Crippen MR) is 40.2 cm³/mol. The lowest BCUT2D eigenvalue weighted by Crippen LogP contribution is -1.56. The number of nitrogens with zero attached hydrogens (tertiary/aromatic N) is 1. The predicted octanol–water partition coefficient (Wildman–Crippen LogP) is 2.65. The molecular weight excluding hydrogens is 152 g/mol. The lowest BCUT2D eigenvalue weighted by Gasteiger charge is -1.95. The molecule has 0 spiro atoms. The number of hydrogen-bond acceptors (Lipinski definition) is 1. The van der Waals surface area contributed by atoms with Gasteiger partial charge < -0.3 is 0 Å². The van der Waals surface area contributed by atoms with Crippen LogP contribution in [0.25, 0.3) is 0 Å². The molecule has 0 unspecified atom stereocenters. The highest BCUT2D eigenvalue weighted by molar-refractivity contribution is 7.89.